The fourth-order valence-electron chi connectivity index (χ4n) is 1.03. The number of rotatable bonds is 5. The predicted octanol–water partition coefficient (Wildman–Crippen LogP) is 3.12. The molecule has 0 heterocycles. The van der Waals surface area contributed by atoms with Crippen LogP contribution < -0.4 is 0 Å². The molecular formula is C11H11BrF2O3. The molecule has 17 heavy (non-hydrogen) atoms. The topological polar surface area (TPSA) is 35.5 Å². The lowest BCUT2D eigenvalue weighted by atomic mass is 10.2. The molecule has 1 rings (SSSR count). The normalized spacial score (nSPS) is 11.3. The molecule has 0 saturated carbocycles. The van der Waals surface area contributed by atoms with Crippen LogP contribution in [-0.4, -0.2) is 18.7 Å². The van der Waals surface area contributed by atoms with Crippen molar-refractivity contribution in [1.82, 2.24) is 0 Å². The van der Waals surface area contributed by atoms with Gasteiger partial charge in [0.1, 0.15) is 0 Å². The third-order valence-electron chi connectivity index (χ3n) is 1.85. The highest BCUT2D eigenvalue weighted by Gasteiger charge is 2.42. The van der Waals surface area contributed by atoms with Gasteiger partial charge in [0.2, 0.25) is 0 Å². The smallest absolute Gasteiger partial charge is 0.456 e. The molecule has 0 N–H and O–H groups in total. The van der Waals surface area contributed by atoms with Crippen molar-refractivity contribution in [3.8, 4) is 0 Å². The van der Waals surface area contributed by atoms with Crippen LogP contribution in [0.15, 0.2) is 28.7 Å². The van der Waals surface area contributed by atoms with Crippen molar-refractivity contribution in [2.24, 2.45) is 0 Å². The van der Waals surface area contributed by atoms with Crippen molar-refractivity contribution >= 4 is 21.9 Å². The summed E-state index contributed by atoms with van der Waals surface area (Å²) in [6, 6.07) is 6.62. The number of ether oxygens (including phenoxy) is 2. The van der Waals surface area contributed by atoms with E-state index in [0.717, 1.165) is 4.47 Å². The summed E-state index contributed by atoms with van der Waals surface area (Å²) in [4.78, 5) is 10.8. The summed E-state index contributed by atoms with van der Waals surface area (Å²) in [6.45, 7) is 0.970. The Labute approximate surface area is 106 Å². The van der Waals surface area contributed by atoms with Crippen molar-refractivity contribution in [2.45, 2.75) is 19.6 Å². The molecule has 0 spiro atoms. The highest BCUT2D eigenvalue weighted by atomic mass is 79.9. The van der Waals surface area contributed by atoms with Gasteiger partial charge in [-0.25, -0.2) is 4.79 Å². The Morgan fingerprint density at radius 2 is 1.94 bits per heavy atom. The summed E-state index contributed by atoms with van der Waals surface area (Å²) < 4.78 is 35.4. The van der Waals surface area contributed by atoms with Gasteiger partial charge in [0.25, 0.3) is 0 Å². The predicted molar refractivity (Wildman–Crippen MR) is 60.5 cm³/mol. The van der Waals surface area contributed by atoms with Gasteiger partial charge < -0.3 is 9.47 Å². The van der Waals surface area contributed by atoms with Crippen molar-refractivity contribution < 1.29 is 23.0 Å². The Morgan fingerprint density at radius 1 is 1.35 bits per heavy atom. The summed E-state index contributed by atoms with van der Waals surface area (Å²) in [5.74, 6) is -1.67. The molecule has 0 aliphatic heterocycles. The van der Waals surface area contributed by atoms with Crippen LogP contribution >= 0.6 is 15.9 Å². The average molecular weight is 309 g/mol. The van der Waals surface area contributed by atoms with E-state index in [-0.39, 0.29) is 13.2 Å². The minimum absolute atomic E-state index is 0.115. The first-order valence-electron chi connectivity index (χ1n) is 4.89. The molecule has 0 unspecified atom stereocenters. The number of carbonyl (C=O) groups excluding carboxylic acids is 1. The van der Waals surface area contributed by atoms with Crippen LogP contribution in [0.4, 0.5) is 8.78 Å². The van der Waals surface area contributed by atoms with E-state index in [9.17, 15) is 13.6 Å². The van der Waals surface area contributed by atoms with Gasteiger partial charge in [0.05, 0.1) is 13.2 Å². The Bertz CT molecular complexity index is 379. The van der Waals surface area contributed by atoms with E-state index in [4.69, 9.17) is 0 Å². The number of hydrogen-bond acceptors (Lipinski definition) is 3. The van der Waals surface area contributed by atoms with Crippen molar-refractivity contribution in [3.63, 3.8) is 0 Å². The van der Waals surface area contributed by atoms with Crippen LogP contribution in [0.25, 0.3) is 0 Å². The van der Waals surface area contributed by atoms with Gasteiger partial charge in [-0.1, -0.05) is 28.1 Å². The molecule has 0 aromatic heterocycles. The lowest BCUT2D eigenvalue weighted by molar-refractivity contribution is -0.254. The lowest BCUT2D eigenvalue weighted by Crippen LogP contribution is -2.33. The van der Waals surface area contributed by atoms with Crippen molar-refractivity contribution in [1.29, 1.82) is 0 Å². The Morgan fingerprint density at radius 3 is 2.47 bits per heavy atom. The molecule has 0 fully saturated rings. The molecule has 0 atom stereocenters. The lowest BCUT2D eigenvalue weighted by Gasteiger charge is -2.14. The zero-order chi connectivity index (χ0) is 12.9. The number of alkyl halides is 2. The number of esters is 1. The third-order valence-corrected chi connectivity index (χ3v) is 2.38. The van der Waals surface area contributed by atoms with Gasteiger partial charge in [-0.2, -0.15) is 8.78 Å². The maximum absolute atomic E-state index is 13.1. The van der Waals surface area contributed by atoms with Crippen LogP contribution in [-0.2, 0) is 20.9 Å². The van der Waals surface area contributed by atoms with Gasteiger partial charge >= 0.3 is 12.1 Å². The fraction of sp³-hybridized carbons (Fsp3) is 0.364. The van der Waals surface area contributed by atoms with Crippen molar-refractivity contribution in [2.75, 3.05) is 6.61 Å². The molecule has 0 aliphatic carbocycles. The van der Waals surface area contributed by atoms with E-state index in [1.165, 1.54) is 6.92 Å². The molecule has 0 saturated heterocycles. The van der Waals surface area contributed by atoms with E-state index >= 15 is 0 Å². The Balaban J connectivity index is 2.54. The highest BCUT2D eigenvalue weighted by Crippen LogP contribution is 2.20. The minimum Gasteiger partial charge on any atom is -0.460 e. The second kappa shape index (κ2) is 6.07. The molecule has 1 aromatic carbocycles. The summed E-state index contributed by atoms with van der Waals surface area (Å²) in [5, 5.41) is 0. The highest BCUT2D eigenvalue weighted by molar-refractivity contribution is 9.10. The van der Waals surface area contributed by atoms with E-state index in [1.54, 1.807) is 24.3 Å². The number of carbonyl (C=O) groups is 1. The van der Waals surface area contributed by atoms with Gasteiger partial charge in [0.15, 0.2) is 0 Å². The summed E-state index contributed by atoms with van der Waals surface area (Å²) in [6.07, 6.45) is -3.91. The molecule has 6 heteroatoms. The Kier molecular flexibility index (Phi) is 5.02. The van der Waals surface area contributed by atoms with E-state index in [1.807, 2.05) is 0 Å². The van der Waals surface area contributed by atoms with Crippen LogP contribution in [0.1, 0.15) is 12.5 Å². The van der Waals surface area contributed by atoms with Crippen LogP contribution in [0.2, 0.25) is 0 Å². The van der Waals surface area contributed by atoms with Gasteiger partial charge in [-0.05, 0) is 24.6 Å². The van der Waals surface area contributed by atoms with Gasteiger partial charge in [-0.3, -0.25) is 0 Å². The first-order valence-corrected chi connectivity index (χ1v) is 5.68. The monoisotopic (exact) mass is 308 g/mol. The largest absolute Gasteiger partial charge is 0.460 e. The summed E-state index contributed by atoms with van der Waals surface area (Å²) in [5.41, 5.74) is 0.539. The molecule has 0 bridgehead atoms. The second-order valence-electron chi connectivity index (χ2n) is 3.15. The van der Waals surface area contributed by atoms with Crippen LogP contribution in [0.3, 0.4) is 0 Å². The second-order valence-corrected chi connectivity index (χ2v) is 4.07. The van der Waals surface area contributed by atoms with E-state index in [0.29, 0.717) is 5.56 Å². The van der Waals surface area contributed by atoms with Gasteiger partial charge in [0, 0.05) is 4.47 Å². The molecule has 0 radical (unpaired) electrons. The van der Waals surface area contributed by atoms with E-state index < -0.39 is 12.1 Å². The maximum Gasteiger partial charge on any atom is 0.456 e. The molecule has 3 nitrogen and oxygen atoms in total. The molecule has 94 valence electrons. The zero-order valence-corrected chi connectivity index (χ0v) is 10.7. The fourth-order valence-corrected chi connectivity index (χ4v) is 1.29. The minimum atomic E-state index is -3.91. The molecular weight excluding hydrogens is 298 g/mol. The summed E-state index contributed by atoms with van der Waals surface area (Å²) in [7, 11) is 0. The molecule has 1 aromatic rings. The third kappa shape index (κ3) is 4.40. The maximum atomic E-state index is 13.1. The molecule has 0 aliphatic rings. The zero-order valence-electron chi connectivity index (χ0n) is 9.08. The van der Waals surface area contributed by atoms with E-state index in [2.05, 4.69) is 25.4 Å². The van der Waals surface area contributed by atoms with Crippen molar-refractivity contribution in [3.05, 3.63) is 34.3 Å². The number of benzene rings is 1. The number of hydrogen-bond donors (Lipinski definition) is 0. The summed E-state index contributed by atoms with van der Waals surface area (Å²) >= 11 is 3.22. The SMILES string of the molecule is CCOC(=O)C(F)(F)OCc1ccc(Br)cc1. The first-order chi connectivity index (χ1) is 7.95. The van der Waals surface area contributed by atoms with Crippen LogP contribution in [0.5, 0.6) is 0 Å². The Hall–Kier alpha value is -1.01. The quantitative estimate of drug-likeness (QED) is 0.784. The first kappa shape index (κ1) is 14.1. The average Bonchev–Trinajstić information content (AvgIpc) is 2.29. The standard InChI is InChI=1S/C11H11BrF2O3/c1-2-16-10(15)11(13,14)17-7-8-3-5-9(12)6-4-8/h3-6H,2,7H2,1H3. The molecule has 0 amide bonds. The van der Waals surface area contributed by atoms with Crippen LogP contribution in [0, 0.1) is 0 Å². The number of halogens is 3. The van der Waals surface area contributed by atoms with Gasteiger partial charge in [-0.15, -0.1) is 0 Å².